The van der Waals surface area contributed by atoms with Crippen molar-refractivity contribution in [2.75, 3.05) is 13.2 Å². The molecule has 1 aromatic carbocycles. The Hall–Kier alpha value is -0.886. The van der Waals surface area contributed by atoms with Crippen LogP contribution in [0, 0.1) is 24.2 Å². The van der Waals surface area contributed by atoms with Crippen molar-refractivity contribution in [2.45, 2.75) is 6.92 Å². The van der Waals surface area contributed by atoms with Gasteiger partial charge < -0.3 is 9.64 Å². The molecule has 1 heterocycles. The van der Waals surface area contributed by atoms with Crippen molar-refractivity contribution in [1.29, 1.82) is 0 Å². The van der Waals surface area contributed by atoms with Gasteiger partial charge in [-0.15, -0.1) is 22.4 Å². The third kappa shape index (κ3) is 3.90. The van der Waals surface area contributed by atoms with Crippen LogP contribution in [0.4, 0.5) is 4.39 Å². The van der Waals surface area contributed by atoms with E-state index in [1.165, 1.54) is 6.07 Å². The van der Waals surface area contributed by atoms with Gasteiger partial charge in [0.15, 0.2) is 0 Å². The minimum atomic E-state index is -0.385. The number of likely N-dealkylation sites (N-methyl/N-ethyl adjacent to an activating group) is 1. The van der Waals surface area contributed by atoms with Gasteiger partial charge in [0.1, 0.15) is 6.61 Å². The number of allylic oxidation sites excluding steroid dienone is 3. The van der Waals surface area contributed by atoms with Crippen molar-refractivity contribution in [1.82, 2.24) is 4.90 Å². The van der Waals surface area contributed by atoms with Crippen LogP contribution in [-0.4, -0.2) is 18.1 Å². The first-order valence-electron chi connectivity index (χ1n) is 6.41. The number of rotatable bonds is 4. The summed E-state index contributed by atoms with van der Waals surface area (Å²) >= 11 is 3.41. The van der Waals surface area contributed by atoms with Crippen molar-refractivity contribution in [3.8, 4) is 18.1 Å². The molecule has 2 rings (SSSR count). The zero-order valence-corrected chi connectivity index (χ0v) is 16.6. The van der Waals surface area contributed by atoms with Crippen LogP contribution in [0.1, 0.15) is 12.5 Å². The van der Waals surface area contributed by atoms with Gasteiger partial charge in [0, 0.05) is 39.3 Å². The zero-order valence-electron chi connectivity index (χ0n) is 12.2. The van der Waals surface area contributed by atoms with E-state index in [-0.39, 0.29) is 45.1 Å². The predicted molar refractivity (Wildman–Crippen MR) is 85.9 cm³/mol. The zero-order chi connectivity index (χ0) is 15.4. The first-order valence-corrected chi connectivity index (χ1v) is 7.20. The number of halogens is 2. The Kier molecular flexibility index (Phi) is 7.55. The fraction of sp³-hybridized carbons (Fsp3) is 0.176. The van der Waals surface area contributed by atoms with Crippen LogP contribution in [0.25, 0.3) is 5.70 Å². The molecular weight excluding hydrogens is 422 g/mol. The summed E-state index contributed by atoms with van der Waals surface area (Å²) in [4.78, 5) is 1.87. The molecule has 2 nitrogen and oxygen atoms in total. The molecular formula is C17H14BrFNOY-. The van der Waals surface area contributed by atoms with Gasteiger partial charge in [0.25, 0.3) is 0 Å². The van der Waals surface area contributed by atoms with Gasteiger partial charge in [-0.2, -0.15) is 12.2 Å². The van der Waals surface area contributed by atoms with Gasteiger partial charge in [-0.1, -0.05) is 28.7 Å². The molecule has 0 aromatic heterocycles. The summed E-state index contributed by atoms with van der Waals surface area (Å²) in [6.07, 6.45) is 10.0. The van der Waals surface area contributed by atoms with Gasteiger partial charge in [0.05, 0.1) is 11.6 Å². The summed E-state index contributed by atoms with van der Waals surface area (Å²) in [7, 11) is 0. The molecule has 111 valence electrons. The fourth-order valence-electron chi connectivity index (χ4n) is 2.09. The molecule has 1 aromatic rings. The SMILES string of the molecule is C#CCOc1cccc(F)c1C1=[C-]C=C(Br)C(=C)N1CC.[Y]. The second-order valence-corrected chi connectivity index (χ2v) is 5.14. The molecule has 0 saturated heterocycles. The van der Waals surface area contributed by atoms with Gasteiger partial charge in [-0.3, -0.25) is 0 Å². The molecule has 0 fully saturated rings. The van der Waals surface area contributed by atoms with Crippen molar-refractivity contribution in [2.24, 2.45) is 0 Å². The fourth-order valence-corrected chi connectivity index (χ4v) is 2.42. The molecule has 0 bridgehead atoms. The van der Waals surface area contributed by atoms with E-state index in [1.807, 2.05) is 11.8 Å². The summed E-state index contributed by atoms with van der Waals surface area (Å²) in [6, 6.07) is 4.66. The molecule has 22 heavy (non-hydrogen) atoms. The molecule has 1 aliphatic heterocycles. The van der Waals surface area contributed by atoms with Gasteiger partial charge >= 0.3 is 0 Å². The monoisotopic (exact) mass is 435 g/mol. The van der Waals surface area contributed by atoms with Crippen molar-refractivity contribution in [3.05, 3.63) is 58.5 Å². The second-order valence-electron chi connectivity index (χ2n) is 4.28. The van der Waals surface area contributed by atoms with Gasteiger partial charge in [-0.25, -0.2) is 4.39 Å². The summed E-state index contributed by atoms with van der Waals surface area (Å²) < 4.78 is 20.6. The molecule has 1 aliphatic rings. The largest absolute Gasteiger partial charge is 0.493 e. The van der Waals surface area contributed by atoms with Crippen LogP contribution in [0.5, 0.6) is 5.75 Å². The average molecular weight is 436 g/mol. The normalized spacial score (nSPS) is 13.7. The van der Waals surface area contributed by atoms with E-state index in [0.717, 1.165) is 10.2 Å². The maximum atomic E-state index is 14.3. The van der Waals surface area contributed by atoms with Crippen LogP contribution in [-0.2, 0) is 32.7 Å². The number of nitrogens with zero attached hydrogens (tertiary/aromatic N) is 1. The minimum absolute atomic E-state index is 0. The van der Waals surface area contributed by atoms with Crippen LogP contribution in [0.3, 0.4) is 0 Å². The summed E-state index contributed by atoms with van der Waals surface area (Å²) in [5.41, 5.74) is 1.67. The Bertz CT molecular complexity index is 676. The molecule has 0 N–H and O–H groups in total. The molecule has 0 atom stereocenters. The number of hydrogen-bond donors (Lipinski definition) is 0. The standard InChI is InChI=1S/C17H14BrFNO.Y/c1-4-11-21-16-8-6-7-14(19)17(16)15-10-9-13(18)12(3)20(15)5-2;/h1,6-9H,3,5,11H2,2H3;/q-1;. The molecule has 0 saturated carbocycles. The third-order valence-electron chi connectivity index (χ3n) is 3.05. The topological polar surface area (TPSA) is 12.5 Å². The summed E-state index contributed by atoms with van der Waals surface area (Å²) in [6.45, 7) is 6.67. The Morgan fingerprint density at radius 3 is 2.86 bits per heavy atom. The van der Waals surface area contributed by atoms with Crippen molar-refractivity contribution < 1.29 is 41.8 Å². The number of benzene rings is 1. The van der Waals surface area contributed by atoms with Gasteiger partial charge in [0.2, 0.25) is 0 Å². The van der Waals surface area contributed by atoms with E-state index in [0.29, 0.717) is 23.6 Å². The Morgan fingerprint density at radius 1 is 1.50 bits per heavy atom. The molecule has 0 aliphatic carbocycles. The molecule has 0 amide bonds. The van der Waals surface area contributed by atoms with E-state index in [1.54, 1.807) is 18.2 Å². The van der Waals surface area contributed by atoms with Crippen molar-refractivity contribution in [3.63, 3.8) is 0 Å². The summed E-state index contributed by atoms with van der Waals surface area (Å²) in [5, 5.41) is 0. The number of terminal acetylenes is 1. The van der Waals surface area contributed by atoms with Crippen LogP contribution in [0.15, 0.2) is 41.0 Å². The smallest absolute Gasteiger partial charge is 0.147 e. The van der Waals surface area contributed by atoms with E-state index < -0.39 is 0 Å². The van der Waals surface area contributed by atoms with Crippen LogP contribution in [0.2, 0.25) is 0 Å². The maximum Gasteiger partial charge on any atom is 0.147 e. The number of hydrogen-bond acceptors (Lipinski definition) is 2. The average Bonchev–Trinajstić information content (AvgIpc) is 2.48. The molecule has 1 radical (unpaired) electrons. The quantitative estimate of drug-likeness (QED) is 0.521. The Morgan fingerprint density at radius 2 is 2.23 bits per heavy atom. The van der Waals surface area contributed by atoms with Crippen molar-refractivity contribution >= 4 is 21.6 Å². The maximum absolute atomic E-state index is 14.3. The Labute approximate surface area is 164 Å². The van der Waals surface area contributed by atoms with E-state index in [9.17, 15) is 4.39 Å². The van der Waals surface area contributed by atoms with Gasteiger partial charge in [-0.05, 0) is 30.3 Å². The Balaban J connectivity index is 0.00000242. The van der Waals surface area contributed by atoms with E-state index >= 15 is 0 Å². The number of ether oxygens (including phenoxy) is 1. The minimum Gasteiger partial charge on any atom is -0.493 e. The van der Waals surface area contributed by atoms with Crippen LogP contribution >= 0.6 is 15.9 Å². The first-order chi connectivity index (χ1) is 10.1. The molecule has 0 spiro atoms. The van der Waals surface area contributed by atoms with E-state index in [4.69, 9.17) is 11.2 Å². The second kappa shape index (κ2) is 8.67. The van der Waals surface area contributed by atoms with E-state index in [2.05, 4.69) is 34.5 Å². The predicted octanol–water partition coefficient (Wildman–Crippen LogP) is 4.11. The van der Waals surface area contributed by atoms with Crippen LogP contribution < -0.4 is 4.74 Å². The molecule has 0 unspecified atom stereocenters. The summed E-state index contributed by atoms with van der Waals surface area (Å²) in [5.74, 6) is 2.39. The first kappa shape index (κ1) is 19.2. The molecule has 5 heteroatoms. The third-order valence-corrected chi connectivity index (χ3v) is 3.73.